The maximum atomic E-state index is 5.70. The molecule has 0 unspecified atom stereocenters. The molecular weight excluding hydrogens is 160 g/mol. The van der Waals surface area contributed by atoms with Crippen LogP contribution in [-0.4, -0.2) is 18.1 Å². The summed E-state index contributed by atoms with van der Waals surface area (Å²) < 4.78 is 0. The lowest BCUT2D eigenvalue weighted by atomic mass is 9.99. The standard InChI is InChI=1S/C8H9ClN2/c9-7-1-2-8(11-5-7)6-3-10-4-6/h1-2,5-6,10H,3-4H2. The van der Waals surface area contributed by atoms with Gasteiger partial charge in [0, 0.05) is 30.9 Å². The Bertz CT molecular complexity index is 241. The van der Waals surface area contributed by atoms with Crippen molar-refractivity contribution in [2.45, 2.75) is 5.92 Å². The second kappa shape index (κ2) is 2.80. The highest BCUT2D eigenvalue weighted by Gasteiger charge is 2.19. The molecule has 0 saturated carbocycles. The van der Waals surface area contributed by atoms with Gasteiger partial charge in [0.2, 0.25) is 0 Å². The number of halogens is 1. The number of hydrogen-bond acceptors (Lipinski definition) is 2. The number of nitrogens with zero attached hydrogens (tertiary/aromatic N) is 1. The van der Waals surface area contributed by atoms with Crippen molar-refractivity contribution in [2.75, 3.05) is 13.1 Å². The van der Waals surface area contributed by atoms with Crippen LogP contribution in [0.2, 0.25) is 5.02 Å². The van der Waals surface area contributed by atoms with Gasteiger partial charge in [-0.15, -0.1) is 0 Å². The van der Waals surface area contributed by atoms with Gasteiger partial charge in [0.1, 0.15) is 0 Å². The van der Waals surface area contributed by atoms with Crippen molar-refractivity contribution in [2.24, 2.45) is 0 Å². The number of pyridine rings is 1. The van der Waals surface area contributed by atoms with E-state index in [1.807, 2.05) is 12.1 Å². The van der Waals surface area contributed by atoms with Crippen LogP contribution in [0.5, 0.6) is 0 Å². The van der Waals surface area contributed by atoms with Crippen molar-refractivity contribution < 1.29 is 0 Å². The molecule has 0 aliphatic carbocycles. The molecule has 0 aromatic carbocycles. The Morgan fingerprint density at radius 2 is 2.27 bits per heavy atom. The average molecular weight is 169 g/mol. The molecule has 2 heterocycles. The van der Waals surface area contributed by atoms with Gasteiger partial charge in [-0.25, -0.2) is 0 Å². The van der Waals surface area contributed by atoms with Gasteiger partial charge >= 0.3 is 0 Å². The normalized spacial score (nSPS) is 17.9. The summed E-state index contributed by atoms with van der Waals surface area (Å²) in [4.78, 5) is 4.23. The molecule has 3 heteroatoms. The molecule has 1 aliphatic heterocycles. The van der Waals surface area contributed by atoms with Crippen molar-refractivity contribution in [1.29, 1.82) is 0 Å². The number of aromatic nitrogens is 1. The Kier molecular flexibility index (Phi) is 1.80. The van der Waals surface area contributed by atoms with Gasteiger partial charge in [0.25, 0.3) is 0 Å². The third kappa shape index (κ3) is 1.37. The minimum Gasteiger partial charge on any atom is -0.315 e. The molecule has 2 rings (SSSR count). The van der Waals surface area contributed by atoms with Crippen LogP contribution in [0, 0.1) is 0 Å². The second-order valence-electron chi connectivity index (χ2n) is 2.76. The minimum absolute atomic E-state index is 0.604. The lowest BCUT2D eigenvalue weighted by Gasteiger charge is -2.26. The van der Waals surface area contributed by atoms with E-state index in [0.29, 0.717) is 10.9 Å². The summed E-state index contributed by atoms with van der Waals surface area (Å²) >= 11 is 5.70. The van der Waals surface area contributed by atoms with Crippen LogP contribution < -0.4 is 5.32 Å². The molecule has 0 radical (unpaired) electrons. The number of hydrogen-bond donors (Lipinski definition) is 1. The van der Waals surface area contributed by atoms with Crippen LogP contribution in [0.25, 0.3) is 0 Å². The largest absolute Gasteiger partial charge is 0.315 e. The highest BCUT2D eigenvalue weighted by molar-refractivity contribution is 6.30. The molecule has 0 bridgehead atoms. The highest BCUT2D eigenvalue weighted by Crippen LogP contribution is 2.18. The highest BCUT2D eigenvalue weighted by atomic mass is 35.5. The molecule has 1 N–H and O–H groups in total. The number of nitrogens with one attached hydrogen (secondary N) is 1. The summed E-state index contributed by atoms with van der Waals surface area (Å²) in [6.45, 7) is 2.10. The Balaban J connectivity index is 2.18. The smallest absolute Gasteiger partial charge is 0.0589 e. The van der Waals surface area contributed by atoms with Gasteiger partial charge in [0.05, 0.1) is 5.02 Å². The predicted molar refractivity (Wildman–Crippen MR) is 44.9 cm³/mol. The average Bonchev–Trinajstić information content (AvgIpc) is 1.90. The maximum Gasteiger partial charge on any atom is 0.0589 e. The molecule has 1 aromatic rings. The van der Waals surface area contributed by atoms with E-state index in [1.54, 1.807) is 6.20 Å². The molecular formula is C8H9ClN2. The molecule has 1 fully saturated rings. The Hall–Kier alpha value is -0.600. The third-order valence-electron chi connectivity index (χ3n) is 1.95. The number of rotatable bonds is 1. The summed E-state index contributed by atoms with van der Waals surface area (Å²) in [5.41, 5.74) is 1.15. The van der Waals surface area contributed by atoms with Gasteiger partial charge in [0.15, 0.2) is 0 Å². The summed E-state index contributed by atoms with van der Waals surface area (Å²) in [6.07, 6.45) is 1.70. The second-order valence-corrected chi connectivity index (χ2v) is 3.19. The van der Waals surface area contributed by atoms with Crippen LogP contribution in [0.15, 0.2) is 18.3 Å². The topological polar surface area (TPSA) is 24.9 Å². The molecule has 0 atom stereocenters. The van der Waals surface area contributed by atoms with Crippen LogP contribution in [0.3, 0.4) is 0 Å². The predicted octanol–water partition coefficient (Wildman–Crippen LogP) is 1.42. The first kappa shape index (κ1) is 7.07. The summed E-state index contributed by atoms with van der Waals surface area (Å²) in [5.74, 6) is 0.604. The molecule has 0 amide bonds. The SMILES string of the molecule is Clc1ccc(C2CNC2)nc1. The first-order valence-corrected chi connectivity index (χ1v) is 4.06. The summed E-state index contributed by atoms with van der Waals surface area (Å²) in [6, 6.07) is 3.88. The van der Waals surface area contributed by atoms with Gasteiger partial charge in [-0.3, -0.25) is 4.98 Å². The molecule has 11 heavy (non-hydrogen) atoms. The zero-order chi connectivity index (χ0) is 7.68. The third-order valence-corrected chi connectivity index (χ3v) is 2.17. The maximum absolute atomic E-state index is 5.70. The van der Waals surface area contributed by atoms with Crippen molar-refractivity contribution in [1.82, 2.24) is 10.3 Å². The fourth-order valence-electron chi connectivity index (χ4n) is 1.13. The van der Waals surface area contributed by atoms with E-state index >= 15 is 0 Å². The van der Waals surface area contributed by atoms with Gasteiger partial charge in [-0.05, 0) is 12.1 Å². The van der Waals surface area contributed by atoms with E-state index in [-0.39, 0.29) is 0 Å². The van der Waals surface area contributed by atoms with E-state index in [0.717, 1.165) is 18.8 Å². The molecule has 58 valence electrons. The van der Waals surface area contributed by atoms with E-state index < -0.39 is 0 Å². The van der Waals surface area contributed by atoms with Crippen molar-refractivity contribution in [3.8, 4) is 0 Å². The fraction of sp³-hybridized carbons (Fsp3) is 0.375. The van der Waals surface area contributed by atoms with Crippen LogP contribution in [-0.2, 0) is 0 Å². The Labute approximate surface area is 70.6 Å². The zero-order valence-corrected chi connectivity index (χ0v) is 6.80. The molecule has 1 saturated heterocycles. The van der Waals surface area contributed by atoms with Crippen LogP contribution >= 0.6 is 11.6 Å². The summed E-state index contributed by atoms with van der Waals surface area (Å²) in [5, 5.41) is 3.91. The van der Waals surface area contributed by atoms with Crippen molar-refractivity contribution in [3.63, 3.8) is 0 Å². The van der Waals surface area contributed by atoms with E-state index in [1.165, 1.54) is 0 Å². The first-order valence-electron chi connectivity index (χ1n) is 3.68. The van der Waals surface area contributed by atoms with E-state index in [9.17, 15) is 0 Å². The molecule has 1 aromatic heterocycles. The quantitative estimate of drug-likeness (QED) is 0.686. The van der Waals surface area contributed by atoms with Gasteiger partial charge in [-0.2, -0.15) is 0 Å². The van der Waals surface area contributed by atoms with Crippen LogP contribution in [0.1, 0.15) is 11.6 Å². The van der Waals surface area contributed by atoms with E-state index in [2.05, 4.69) is 10.3 Å². The lowest BCUT2D eigenvalue weighted by Crippen LogP contribution is -2.40. The minimum atomic E-state index is 0.604. The van der Waals surface area contributed by atoms with Gasteiger partial charge in [-0.1, -0.05) is 11.6 Å². The monoisotopic (exact) mass is 168 g/mol. The van der Waals surface area contributed by atoms with Crippen LogP contribution in [0.4, 0.5) is 0 Å². The molecule has 0 spiro atoms. The Morgan fingerprint density at radius 1 is 1.45 bits per heavy atom. The summed E-state index contributed by atoms with van der Waals surface area (Å²) in [7, 11) is 0. The van der Waals surface area contributed by atoms with Gasteiger partial charge < -0.3 is 5.32 Å². The first-order chi connectivity index (χ1) is 5.36. The zero-order valence-electron chi connectivity index (χ0n) is 6.05. The Morgan fingerprint density at radius 3 is 2.73 bits per heavy atom. The molecule has 1 aliphatic rings. The van der Waals surface area contributed by atoms with E-state index in [4.69, 9.17) is 11.6 Å². The van der Waals surface area contributed by atoms with Crippen molar-refractivity contribution in [3.05, 3.63) is 29.0 Å². The lowest BCUT2D eigenvalue weighted by molar-refractivity contribution is 0.440. The molecule has 2 nitrogen and oxygen atoms in total. The fourth-order valence-corrected chi connectivity index (χ4v) is 1.24. The van der Waals surface area contributed by atoms with Crippen molar-refractivity contribution >= 4 is 11.6 Å².